The summed E-state index contributed by atoms with van der Waals surface area (Å²) >= 11 is 0. The van der Waals surface area contributed by atoms with E-state index in [0.29, 0.717) is 11.3 Å². The second kappa shape index (κ2) is 8.15. The summed E-state index contributed by atoms with van der Waals surface area (Å²) in [6.07, 6.45) is 0.313. The molecule has 0 radical (unpaired) electrons. The van der Waals surface area contributed by atoms with Crippen LogP contribution in [0, 0.1) is 13.8 Å². The first-order chi connectivity index (χ1) is 11.5. The minimum Gasteiger partial charge on any atom is -0.493 e. The molecule has 126 valence electrons. The predicted octanol–water partition coefficient (Wildman–Crippen LogP) is 2.74. The van der Waals surface area contributed by atoms with Gasteiger partial charge in [0.1, 0.15) is 5.75 Å². The van der Waals surface area contributed by atoms with Crippen LogP contribution < -0.4 is 15.8 Å². The molecule has 2 rings (SSSR count). The van der Waals surface area contributed by atoms with Crippen molar-refractivity contribution in [3.05, 3.63) is 59.2 Å². The van der Waals surface area contributed by atoms with E-state index in [1.807, 2.05) is 32.0 Å². The van der Waals surface area contributed by atoms with E-state index in [9.17, 15) is 9.59 Å². The third kappa shape index (κ3) is 5.12. The quantitative estimate of drug-likeness (QED) is 0.821. The van der Waals surface area contributed by atoms with Gasteiger partial charge in [-0.25, -0.2) is 0 Å². The second-order valence-corrected chi connectivity index (χ2v) is 5.69. The lowest BCUT2D eigenvalue weighted by molar-refractivity contribution is -0.118. The highest BCUT2D eigenvalue weighted by Crippen LogP contribution is 2.18. The average Bonchev–Trinajstić information content (AvgIpc) is 2.52. The van der Waals surface area contributed by atoms with Gasteiger partial charge in [0, 0.05) is 5.69 Å². The Morgan fingerprint density at radius 2 is 1.83 bits per heavy atom. The summed E-state index contributed by atoms with van der Waals surface area (Å²) in [6, 6.07) is 13.0. The monoisotopic (exact) mass is 326 g/mol. The second-order valence-electron chi connectivity index (χ2n) is 5.69. The van der Waals surface area contributed by atoms with Gasteiger partial charge >= 0.3 is 0 Å². The van der Waals surface area contributed by atoms with E-state index in [-0.39, 0.29) is 25.4 Å². The number of rotatable bonds is 7. The molecule has 0 aromatic heterocycles. The SMILES string of the molecule is Cc1ccc(OCCC(=O)Nc2ccccc2CC(N)=O)cc1C. The summed E-state index contributed by atoms with van der Waals surface area (Å²) in [6.45, 7) is 4.34. The highest BCUT2D eigenvalue weighted by molar-refractivity contribution is 5.92. The first-order valence-electron chi connectivity index (χ1n) is 7.82. The number of carbonyl (C=O) groups is 2. The van der Waals surface area contributed by atoms with E-state index in [1.165, 1.54) is 5.56 Å². The number of aryl methyl sites for hydroxylation is 2. The zero-order valence-corrected chi connectivity index (χ0v) is 14.0. The third-order valence-electron chi connectivity index (χ3n) is 3.73. The van der Waals surface area contributed by atoms with Gasteiger partial charge in [-0.15, -0.1) is 0 Å². The normalized spacial score (nSPS) is 10.2. The Bertz CT molecular complexity index is 741. The summed E-state index contributed by atoms with van der Waals surface area (Å²) in [5.74, 6) is 0.144. The predicted molar refractivity (Wildman–Crippen MR) is 94.0 cm³/mol. The third-order valence-corrected chi connectivity index (χ3v) is 3.73. The smallest absolute Gasteiger partial charge is 0.227 e. The molecule has 2 aromatic rings. The summed E-state index contributed by atoms with van der Waals surface area (Å²) in [4.78, 5) is 23.1. The molecule has 0 heterocycles. The molecule has 0 saturated heterocycles. The van der Waals surface area contributed by atoms with Crippen molar-refractivity contribution in [2.75, 3.05) is 11.9 Å². The number of benzene rings is 2. The minimum atomic E-state index is -0.435. The topological polar surface area (TPSA) is 81.4 Å². The van der Waals surface area contributed by atoms with Crippen LogP contribution in [0.1, 0.15) is 23.1 Å². The molecule has 5 heteroatoms. The highest BCUT2D eigenvalue weighted by atomic mass is 16.5. The zero-order chi connectivity index (χ0) is 17.5. The number of primary amides is 1. The van der Waals surface area contributed by atoms with Gasteiger partial charge < -0.3 is 15.8 Å². The Labute approximate surface area is 141 Å². The molecule has 0 bridgehead atoms. The van der Waals surface area contributed by atoms with Crippen LogP contribution in [0.3, 0.4) is 0 Å². The molecule has 0 saturated carbocycles. The van der Waals surface area contributed by atoms with Gasteiger partial charge in [-0.2, -0.15) is 0 Å². The number of hydrogen-bond donors (Lipinski definition) is 2. The molecule has 5 nitrogen and oxygen atoms in total. The number of amides is 2. The first kappa shape index (κ1) is 17.5. The lowest BCUT2D eigenvalue weighted by Gasteiger charge is -2.11. The molecule has 24 heavy (non-hydrogen) atoms. The van der Waals surface area contributed by atoms with Crippen LogP contribution in [0.5, 0.6) is 5.75 Å². The van der Waals surface area contributed by atoms with Crippen molar-refractivity contribution in [2.45, 2.75) is 26.7 Å². The van der Waals surface area contributed by atoms with Crippen molar-refractivity contribution in [1.29, 1.82) is 0 Å². The van der Waals surface area contributed by atoms with Crippen molar-refractivity contribution < 1.29 is 14.3 Å². The standard InChI is InChI=1S/C19H22N2O3/c1-13-7-8-16(11-14(13)2)24-10-9-19(23)21-17-6-4-3-5-15(17)12-18(20)22/h3-8,11H,9-10,12H2,1-2H3,(H2,20,22)(H,21,23). The lowest BCUT2D eigenvalue weighted by atomic mass is 10.1. The molecule has 0 fully saturated rings. The zero-order valence-electron chi connectivity index (χ0n) is 14.0. The van der Waals surface area contributed by atoms with E-state index in [2.05, 4.69) is 5.32 Å². The van der Waals surface area contributed by atoms with Gasteiger partial charge in [-0.05, 0) is 48.7 Å². The van der Waals surface area contributed by atoms with Crippen molar-refractivity contribution in [3.8, 4) is 5.75 Å². The number of carbonyl (C=O) groups excluding carboxylic acids is 2. The summed E-state index contributed by atoms with van der Waals surface area (Å²) in [7, 11) is 0. The first-order valence-corrected chi connectivity index (χ1v) is 7.82. The Kier molecular flexibility index (Phi) is 5.95. The van der Waals surface area contributed by atoms with Crippen LogP contribution in [-0.2, 0) is 16.0 Å². The van der Waals surface area contributed by atoms with Crippen LogP contribution in [0.2, 0.25) is 0 Å². The number of ether oxygens (including phenoxy) is 1. The van der Waals surface area contributed by atoms with E-state index < -0.39 is 5.91 Å². The summed E-state index contributed by atoms with van der Waals surface area (Å²) < 4.78 is 5.61. The van der Waals surface area contributed by atoms with Gasteiger partial charge in [0.25, 0.3) is 0 Å². The molecule has 0 aliphatic heterocycles. The lowest BCUT2D eigenvalue weighted by Crippen LogP contribution is -2.19. The number of hydrogen-bond acceptors (Lipinski definition) is 3. The molecule has 0 unspecified atom stereocenters. The fourth-order valence-electron chi connectivity index (χ4n) is 2.26. The maximum Gasteiger partial charge on any atom is 0.227 e. The number of anilines is 1. The van der Waals surface area contributed by atoms with E-state index in [1.54, 1.807) is 24.3 Å². The fourth-order valence-corrected chi connectivity index (χ4v) is 2.26. The van der Waals surface area contributed by atoms with Gasteiger partial charge in [0.2, 0.25) is 11.8 Å². The van der Waals surface area contributed by atoms with E-state index in [4.69, 9.17) is 10.5 Å². The molecule has 0 aliphatic rings. The van der Waals surface area contributed by atoms with E-state index >= 15 is 0 Å². The highest BCUT2D eigenvalue weighted by Gasteiger charge is 2.09. The van der Waals surface area contributed by atoms with E-state index in [0.717, 1.165) is 11.3 Å². The van der Waals surface area contributed by atoms with Gasteiger partial charge in [-0.1, -0.05) is 24.3 Å². The van der Waals surface area contributed by atoms with Gasteiger partial charge in [0.05, 0.1) is 19.4 Å². The maximum atomic E-state index is 12.1. The van der Waals surface area contributed by atoms with Crippen LogP contribution in [0.15, 0.2) is 42.5 Å². The number of nitrogens with two attached hydrogens (primary N) is 1. The van der Waals surface area contributed by atoms with Gasteiger partial charge in [-0.3, -0.25) is 9.59 Å². The Morgan fingerprint density at radius 3 is 2.54 bits per heavy atom. The average molecular weight is 326 g/mol. The van der Waals surface area contributed by atoms with Crippen LogP contribution in [-0.4, -0.2) is 18.4 Å². The molecular formula is C19H22N2O3. The number of para-hydroxylation sites is 1. The largest absolute Gasteiger partial charge is 0.493 e. The number of nitrogens with one attached hydrogen (secondary N) is 1. The Morgan fingerprint density at radius 1 is 1.08 bits per heavy atom. The van der Waals surface area contributed by atoms with Crippen molar-refractivity contribution >= 4 is 17.5 Å². The minimum absolute atomic E-state index is 0.0929. The molecule has 2 amide bonds. The van der Waals surface area contributed by atoms with Gasteiger partial charge in [0.15, 0.2) is 0 Å². The Hall–Kier alpha value is -2.82. The van der Waals surface area contributed by atoms with Crippen molar-refractivity contribution in [1.82, 2.24) is 0 Å². The molecular weight excluding hydrogens is 304 g/mol. The molecule has 2 aromatic carbocycles. The summed E-state index contributed by atoms with van der Waals surface area (Å²) in [5.41, 5.74) is 8.88. The molecule has 0 spiro atoms. The van der Waals surface area contributed by atoms with Crippen LogP contribution in [0.25, 0.3) is 0 Å². The van der Waals surface area contributed by atoms with Crippen molar-refractivity contribution in [2.24, 2.45) is 5.73 Å². The fraction of sp³-hybridized carbons (Fsp3) is 0.263. The Balaban J connectivity index is 1.87. The molecule has 0 atom stereocenters. The maximum absolute atomic E-state index is 12.1. The molecule has 3 N–H and O–H groups in total. The summed E-state index contributed by atoms with van der Waals surface area (Å²) in [5, 5.41) is 2.80. The van der Waals surface area contributed by atoms with Crippen LogP contribution in [0.4, 0.5) is 5.69 Å². The van der Waals surface area contributed by atoms with Crippen molar-refractivity contribution in [3.63, 3.8) is 0 Å². The molecule has 0 aliphatic carbocycles. The van der Waals surface area contributed by atoms with Crippen LogP contribution >= 0.6 is 0 Å².